The molecule has 0 aliphatic rings. The van der Waals surface area contributed by atoms with Crippen LogP contribution in [0.15, 0.2) is 48.5 Å². The molecule has 0 bridgehead atoms. The van der Waals surface area contributed by atoms with Gasteiger partial charge < -0.3 is 10.6 Å². The first-order valence-corrected chi connectivity index (χ1v) is 6.30. The molecule has 0 heterocycles. The summed E-state index contributed by atoms with van der Waals surface area (Å²) < 4.78 is 0. The van der Waals surface area contributed by atoms with E-state index in [0.29, 0.717) is 16.8 Å². The highest BCUT2D eigenvalue weighted by Gasteiger charge is 2.08. The minimum atomic E-state index is -0.231. The number of hydrogen-bond donors (Lipinski definition) is 2. The Bertz CT molecular complexity index is 633. The quantitative estimate of drug-likeness (QED) is 0.837. The summed E-state index contributed by atoms with van der Waals surface area (Å²) in [6.07, 6.45) is 0. The zero-order valence-corrected chi connectivity index (χ0v) is 11.4. The predicted octanol–water partition coefficient (Wildman–Crippen LogP) is 3.18. The summed E-state index contributed by atoms with van der Waals surface area (Å²) in [6, 6.07) is 14.1. The molecule has 2 aromatic rings. The molecule has 102 valence electrons. The Morgan fingerprint density at radius 3 is 2.10 bits per heavy atom. The van der Waals surface area contributed by atoms with Crippen LogP contribution in [0.3, 0.4) is 0 Å². The average Bonchev–Trinajstić information content (AvgIpc) is 2.48. The largest absolute Gasteiger partial charge is 0.388 e. The van der Waals surface area contributed by atoms with Gasteiger partial charge in [-0.3, -0.25) is 9.59 Å². The van der Waals surface area contributed by atoms with Gasteiger partial charge >= 0.3 is 0 Å². The second kappa shape index (κ2) is 6.02. The van der Waals surface area contributed by atoms with Crippen LogP contribution in [0.5, 0.6) is 0 Å². The number of benzene rings is 2. The van der Waals surface area contributed by atoms with Crippen LogP contribution in [0.25, 0.3) is 0 Å². The Hall–Kier alpha value is -2.62. The molecule has 0 radical (unpaired) electrons. The van der Waals surface area contributed by atoms with E-state index in [9.17, 15) is 9.59 Å². The molecule has 2 rings (SSSR count). The van der Waals surface area contributed by atoms with E-state index >= 15 is 0 Å². The number of rotatable bonds is 4. The van der Waals surface area contributed by atoms with Gasteiger partial charge in [0.25, 0.3) is 5.91 Å². The summed E-state index contributed by atoms with van der Waals surface area (Å²) in [6.45, 7) is 1.48. The normalized spacial score (nSPS) is 9.90. The fourth-order valence-electron chi connectivity index (χ4n) is 1.80. The zero-order chi connectivity index (χ0) is 14.5. The second-order valence-corrected chi connectivity index (χ2v) is 4.42. The standard InChI is InChI=1S/C16H16N2O2/c1-11(19)12-4-3-5-13(10-12)16(20)18-15-8-6-14(17-2)7-9-15/h3-10,17H,1-2H3,(H,18,20). The number of carbonyl (C=O) groups is 2. The van der Waals surface area contributed by atoms with E-state index in [-0.39, 0.29) is 11.7 Å². The van der Waals surface area contributed by atoms with E-state index in [1.807, 2.05) is 31.3 Å². The lowest BCUT2D eigenvalue weighted by molar-refractivity contribution is 0.101. The van der Waals surface area contributed by atoms with E-state index in [1.54, 1.807) is 24.3 Å². The van der Waals surface area contributed by atoms with Crippen LogP contribution >= 0.6 is 0 Å². The maximum atomic E-state index is 12.1. The number of Topliss-reactive ketones (excluding diaryl/α,β-unsaturated/α-hetero) is 1. The highest BCUT2D eigenvalue weighted by Crippen LogP contribution is 2.14. The third kappa shape index (κ3) is 3.23. The molecule has 2 N–H and O–H groups in total. The maximum absolute atomic E-state index is 12.1. The number of hydrogen-bond acceptors (Lipinski definition) is 3. The van der Waals surface area contributed by atoms with E-state index in [4.69, 9.17) is 0 Å². The molecule has 4 heteroatoms. The lowest BCUT2D eigenvalue weighted by Crippen LogP contribution is -2.12. The predicted molar refractivity (Wildman–Crippen MR) is 80.4 cm³/mol. The fourth-order valence-corrected chi connectivity index (χ4v) is 1.80. The molecule has 0 aliphatic carbocycles. The molecule has 2 aromatic carbocycles. The number of ketones is 1. The van der Waals surface area contributed by atoms with Crippen LogP contribution in [0.1, 0.15) is 27.6 Å². The molecule has 0 saturated heterocycles. The number of amides is 1. The van der Waals surface area contributed by atoms with E-state index in [2.05, 4.69) is 10.6 Å². The number of nitrogens with one attached hydrogen (secondary N) is 2. The van der Waals surface area contributed by atoms with Crippen LogP contribution < -0.4 is 10.6 Å². The summed E-state index contributed by atoms with van der Waals surface area (Å²) >= 11 is 0. The Morgan fingerprint density at radius 1 is 0.900 bits per heavy atom. The Labute approximate surface area is 117 Å². The van der Waals surface area contributed by atoms with Crippen LogP contribution in [-0.4, -0.2) is 18.7 Å². The summed E-state index contributed by atoms with van der Waals surface area (Å²) in [5, 5.41) is 5.81. The van der Waals surface area contributed by atoms with Crippen molar-refractivity contribution in [1.82, 2.24) is 0 Å². The first-order chi connectivity index (χ1) is 9.60. The Balaban J connectivity index is 2.14. The van der Waals surface area contributed by atoms with Crippen LogP contribution in [0.2, 0.25) is 0 Å². The molecular formula is C16H16N2O2. The van der Waals surface area contributed by atoms with Crippen LogP contribution in [0.4, 0.5) is 11.4 Å². The molecule has 0 unspecified atom stereocenters. The highest BCUT2D eigenvalue weighted by molar-refractivity contribution is 6.06. The molecule has 20 heavy (non-hydrogen) atoms. The second-order valence-electron chi connectivity index (χ2n) is 4.42. The first-order valence-electron chi connectivity index (χ1n) is 6.30. The molecule has 0 saturated carbocycles. The molecule has 4 nitrogen and oxygen atoms in total. The van der Waals surface area contributed by atoms with Gasteiger partial charge in [0.15, 0.2) is 5.78 Å². The van der Waals surface area contributed by atoms with Crippen molar-refractivity contribution < 1.29 is 9.59 Å². The van der Waals surface area contributed by atoms with Crippen LogP contribution in [-0.2, 0) is 0 Å². The molecular weight excluding hydrogens is 252 g/mol. The minimum absolute atomic E-state index is 0.0574. The average molecular weight is 268 g/mol. The van der Waals surface area contributed by atoms with E-state index < -0.39 is 0 Å². The van der Waals surface area contributed by atoms with Gasteiger partial charge in [-0.2, -0.15) is 0 Å². The number of anilines is 2. The van der Waals surface area contributed by atoms with Gasteiger partial charge in [-0.15, -0.1) is 0 Å². The first kappa shape index (κ1) is 13.8. The third-order valence-electron chi connectivity index (χ3n) is 2.96. The van der Waals surface area contributed by atoms with Crippen molar-refractivity contribution in [2.75, 3.05) is 17.7 Å². The van der Waals surface area contributed by atoms with Gasteiger partial charge in [0.1, 0.15) is 0 Å². The van der Waals surface area contributed by atoms with Crippen LogP contribution in [0, 0.1) is 0 Å². The Kier molecular flexibility index (Phi) is 4.15. The van der Waals surface area contributed by atoms with Crippen molar-refractivity contribution in [3.05, 3.63) is 59.7 Å². The molecule has 0 fully saturated rings. The van der Waals surface area contributed by atoms with Gasteiger partial charge in [0.2, 0.25) is 0 Å². The highest BCUT2D eigenvalue weighted by atomic mass is 16.1. The van der Waals surface area contributed by atoms with E-state index in [0.717, 1.165) is 5.69 Å². The molecule has 0 atom stereocenters. The van der Waals surface area contributed by atoms with Gasteiger partial charge in [0.05, 0.1) is 0 Å². The third-order valence-corrected chi connectivity index (χ3v) is 2.96. The number of carbonyl (C=O) groups excluding carboxylic acids is 2. The maximum Gasteiger partial charge on any atom is 0.255 e. The van der Waals surface area contributed by atoms with Crippen molar-refractivity contribution >= 4 is 23.1 Å². The lowest BCUT2D eigenvalue weighted by atomic mass is 10.1. The molecule has 0 aliphatic heterocycles. The lowest BCUT2D eigenvalue weighted by Gasteiger charge is -2.07. The minimum Gasteiger partial charge on any atom is -0.388 e. The zero-order valence-electron chi connectivity index (χ0n) is 11.4. The summed E-state index contributed by atoms with van der Waals surface area (Å²) in [7, 11) is 1.83. The summed E-state index contributed by atoms with van der Waals surface area (Å²) in [5.41, 5.74) is 2.68. The van der Waals surface area contributed by atoms with Gasteiger partial charge in [-0.1, -0.05) is 12.1 Å². The van der Waals surface area contributed by atoms with E-state index in [1.165, 1.54) is 6.92 Å². The summed E-state index contributed by atoms with van der Waals surface area (Å²) in [5.74, 6) is -0.289. The van der Waals surface area contributed by atoms with Crippen molar-refractivity contribution in [3.8, 4) is 0 Å². The molecule has 0 spiro atoms. The SMILES string of the molecule is CNc1ccc(NC(=O)c2cccc(C(C)=O)c2)cc1. The Morgan fingerprint density at radius 2 is 1.50 bits per heavy atom. The van der Waals surface area contributed by atoms with Crippen molar-refractivity contribution in [1.29, 1.82) is 0 Å². The molecule has 0 aromatic heterocycles. The monoisotopic (exact) mass is 268 g/mol. The smallest absolute Gasteiger partial charge is 0.255 e. The summed E-state index contributed by atoms with van der Waals surface area (Å²) in [4.78, 5) is 23.4. The molecule has 1 amide bonds. The van der Waals surface area contributed by atoms with Crippen molar-refractivity contribution in [2.45, 2.75) is 6.92 Å². The van der Waals surface area contributed by atoms with Gasteiger partial charge in [0, 0.05) is 29.5 Å². The van der Waals surface area contributed by atoms with Crippen molar-refractivity contribution in [3.63, 3.8) is 0 Å². The topological polar surface area (TPSA) is 58.2 Å². The van der Waals surface area contributed by atoms with Crippen molar-refractivity contribution in [2.24, 2.45) is 0 Å². The fraction of sp³-hybridized carbons (Fsp3) is 0.125. The van der Waals surface area contributed by atoms with Gasteiger partial charge in [-0.05, 0) is 43.3 Å². The van der Waals surface area contributed by atoms with Gasteiger partial charge in [-0.25, -0.2) is 0 Å².